The van der Waals surface area contributed by atoms with Crippen molar-refractivity contribution in [2.24, 2.45) is 0 Å². The maximum atomic E-state index is 12.4. The van der Waals surface area contributed by atoms with E-state index < -0.39 is 10.0 Å². The van der Waals surface area contributed by atoms with Crippen molar-refractivity contribution in [3.63, 3.8) is 0 Å². The molecule has 0 aliphatic heterocycles. The van der Waals surface area contributed by atoms with E-state index in [1.807, 2.05) is 54.6 Å². The topological polar surface area (TPSA) is 75.7 Å². The number of hydrogen-bond donors (Lipinski definition) is 1. The Labute approximate surface area is 180 Å². The van der Waals surface area contributed by atoms with Gasteiger partial charge < -0.3 is 10.1 Å². The van der Waals surface area contributed by atoms with Crippen LogP contribution in [0, 0.1) is 0 Å². The van der Waals surface area contributed by atoms with Crippen LogP contribution in [-0.4, -0.2) is 34.2 Å². The van der Waals surface area contributed by atoms with Gasteiger partial charge in [-0.1, -0.05) is 42.1 Å². The van der Waals surface area contributed by atoms with Gasteiger partial charge in [0.05, 0.1) is 17.6 Å². The zero-order valence-electron chi connectivity index (χ0n) is 16.6. The predicted molar refractivity (Wildman–Crippen MR) is 121 cm³/mol. The Morgan fingerprint density at radius 1 is 0.967 bits per heavy atom. The van der Waals surface area contributed by atoms with Crippen LogP contribution < -0.4 is 14.4 Å². The highest BCUT2D eigenvalue weighted by Crippen LogP contribution is 2.33. The van der Waals surface area contributed by atoms with Crippen molar-refractivity contribution in [1.29, 1.82) is 0 Å². The third-order valence-corrected chi connectivity index (χ3v) is 6.49. The van der Waals surface area contributed by atoms with Gasteiger partial charge in [0.25, 0.3) is 5.91 Å². The van der Waals surface area contributed by atoms with Crippen LogP contribution >= 0.6 is 11.8 Å². The fourth-order valence-corrected chi connectivity index (χ4v) is 3.98. The van der Waals surface area contributed by atoms with Crippen LogP contribution in [0.4, 0.5) is 11.4 Å². The smallest absolute Gasteiger partial charge is 0.262 e. The van der Waals surface area contributed by atoms with Gasteiger partial charge >= 0.3 is 0 Å². The fourth-order valence-electron chi connectivity index (χ4n) is 2.55. The lowest BCUT2D eigenvalue weighted by atomic mass is 10.3. The largest absolute Gasteiger partial charge is 0.484 e. The van der Waals surface area contributed by atoms with Gasteiger partial charge in [0, 0.05) is 16.8 Å². The number of benzene rings is 3. The molecule has 3 rings (SSSR count). The van der Waals surface area contributed by atoms with E-state index in [1.54, 1.807) is 36.0 Å². The summed E-state index contributed by atoms with van der Waals surface area (Å²) in [4.78, 5) is 14.4. The molecule has 0 aliphatic rings. The van der Waals surface area contributed by atoms with Crippen LogP contribution in [0.3, 0.4) is 0 Å². The first kappa shape index (κ1) is 21.7. The molecule has 0 bridgehead atoms. The van der Waals surface area contributed by atoms with E-state index in [0.717, 1.165) is 16.0 Å². The molecular formula is C22H22N2O4S2. The number of anilines is 2. The SMILES string of the molecule is CN(c1ccc(OCC(=O)Nc2ccccc2Sc2ccccc2)cc1)S(C)(=O)=O. The summed E-state index contributed by atoms with van der Waals surface area (Å²) in [5, 5.41) is 2.88. The van der Waals surface area contributed by atoms with Crippen molar-refractivity contribution in [3.05, 3.63) is 78.9 Å². The summed E-state index contributed by atoms with van der Waals surface area (Å²) in [6.07, 6.45) is 1.13. The molecule has 0 aliphatic carbocycles. The maximum Gasteiger partial charge on any atom is 0.262 e. The Hall–Kier alpha value is -2.97. The number of sulfonamides is 1. The van der Waals surface area contributed by atoms with Crippen molar-refractivity contribution in [2.75, 3.05) is 29.5 Å². The van der Waals surface area contributed by atoms with Crippen LogP contribution in [-0.2, 0) is 14.8 Å². The highest BCUT2D eigenvalue weighted by atomic mass is 32.2. The van der Waals surface area contributed by atoms with Crippen LogP contribution in [0.1, 0.15) is 0 Å². The molecule has 0 radical (unpaired) electrons. The molecule has 0 spiro atoms. The van der Waals surface area contributed by atoms with Gasteiger partial charge in [-0.15, -0.1) is 0 Å². The zero-order chi connectivity index (χ0) is 21.6. The standard InChI is InChI=1S/C22H22N2O4S2/c1-24(30(2,26)27)17-12-14-18(15-13-17)28-16-22(25)23-20-10-6-7-11-21(20)29-19-8-4-3-5-9-19/h3-15H,16H2,1-2H3,(H,23,25). The van der Waals surface area contributed by atoms with Crippen LogP contribution in [0.2, 0.25) is 0 Å². The quantitative estimate of drug-likeness (QED) is 0.564. The molecule has 0 fully saturated rings. The first-order chi connectivity index (χ1) is 14.3. The Morgan fingerprint density at radius 3 is 2.27 bits per heavy atom. The van der Waals surface area contributed by atoms with Crippen molar-refractivity contribution >= 4 is 39.1 Å². The van der Waals surface area contributed by atoms with Crippen LogP contribution in [0.25, 0.3) is 0 Å². The second-order valence-corrected chi connectivity index (χ2v) is 9.60. The minimum absolute atomic E-state index is 0.161. The van der Waals surface area contributed by atoms with Crippen LogP contribution in [0.5, 0.6) is 5.75 Å². The summed E-state index contributed by atoms with van der Waals surface area (Å²) in [5.74, 6) is 0.191. The fraction of sp³-hybridized carbons (Fsp3) is 0.136. The van der Waals surface area contributed by atoms with Gasteiger partial charge in [0.15, 0.2) is 6.61 Å². The lowest BCUT2D eigenvalue weighted by molar-refractivity contribution is -0.118. The number of ether oxygens (including phenoxy) is 1. The van der Waals surface area contributed by atoms with Crippen LogP contribution in [0.15, 0.2) is 88.7 Å². The number of hydrogen-bond acceptors (Lipinski definition) is 5. The van der Waals surface area contributed by atoms with Crippen molar-refractivity contribution in [3.8, 4) is 5.75 Å². The maximum absolute atomic E-state index is 12.4. The Bertz CT molecular complexity index is 1100. The highest BCUT2D eigenvalue weighted by Gasteiger charge is 2.12. The van der Waals surface area contributed by atoms with Gasteiger partial charge in [-0.2, -0.15) is 0 Å². The molecule has 1 N–H and O–H groups in total. The number of amides is 1. The second kappa shape index (κ2) is 9.69. The molecule has 1 amide bonds. The molecule has 0 saturated carbocycles. The Balaban J connectivity index is 1.59. The number of carbonyl (C=O) groups excluding carboxylic acids is 1. The van der Waals surface area contributed by atoms with Gasteiger partial charge in [0.1, 0.15) is 5.75 Å². The summed E-state index contributed by atoms with van der Waals surface area (Å²) in [7, 11) is -1.85. The summed E-state index contributed by atoms with van der Waals surface area (Å²) >= 11 is 1.57. The van der Waals surface area contributed by atoms with Crippen molar-refractivity contribution < 1.29 is 17.9 Å². The van der Waals surface area contributed by atoms with E-state index in [-0.39, 0.29) is 12.5 Å². The highest BCUT2D eigenvalue weighted by molar-refractivity contribution is 7.99. The van der Waals surface area contributed by atoms with Crippen molar-refractivity contribution in [2.45, 2.75) is 9.79 Å². The monoisotopic (exact) mass is 442 g/mol. The van der Waals surface area contributed by atoms with E-state index in [0.29, 0.717) is 17.1 Å². The van der Waals surface area contributed by atoms with E-state index >= 15 is 0 Å². The van der Waals surface area contributed by atoms with E-state index in [9.17, 15) is 13.2 Å². The second-order valence-electron chi connectivity index (χ2n) is 6.47. The Kier molecular flexibility index (Phi) is 7.02. The molecule has 0 atom stereocenters. The molecule has 8 heteroatoms. The molecule has 0 aromatic heterocycles. The molecule has 3 aromatic carbocycles. The van der Waals surface area contributed by atoms with Crippen molar-refractivity contribution in [1.82, 2.24) is 0 Å². The normalized spacial score (nSPS) is 11.0. The first-order valence-corrected chi connectivity index (χ1v) is 11.8. The molecule has 30 heavy (non-hydrogen) atoms. The molecule has 156 valence electrons. The lowest BCUT2D eigenvalue weighted by Crippen LogP contribution is -2.24. The number of para-hydroxylation sites is 1. The predicted octanol–water partition coefficient (Wildman–Crippen LogP) is 4.25. The zero-order valence-corrected chi connectivity index (χ0v) is 18.2. The molecule has 0 unspecified atom stereocenters. The molecule has 6 nitrogen and oxygen atoms in total. The summed E-state index contributed by atoms with van der Waals surface area (Å²) in [6, 6.07) is 24.0. The number of carbonyl (C=O) groups is 1. The van der Waals surface area contributed by atoms with Gasteiger partial charge in [-0.25, -0.2) is 8.42 Å². The molecule has 0 heterocycles. The number of rotatable bonds is 8. The lowest BCUT2D eigenvalue weighted by Gasteiger charge is -2.17. The average Bonchev–Trinajstić information content (AvgIpc) is 2.74. The minimum Gasteiger partial charge on any atom is -0.484 e. The van der Waals surface area contributed by atoms with Gasteiger partial charge in [-0.05, 0) is 48.5 Å². The van der Waals surface area contributed by atoms with E-state index in [4.69, 9.17) is 4.74 Å². The molecule has 3 aromatic rings. The van der Waals surface area contributed by atoms with Gasteiger partial charge in [-0.3, -0.25) is 9.10 Å². The minimum atomic E-state index is -3.33. The van der Waals surface area contributed by atoms with E-state index in [1.165, 1.54) is 11.4 Å². The molecule has 0 saturated heterocycles. The third kappa shape index (κ3) is 6.01. The summed E-state index contributed by atoms with van der Waals surface area (Å²) in [6.45, 7) is -0.161. The number of nitrogens with zero attached hydrogens (tertiary/aromatic N) is 1. The van der Waals surface area contributed by atoms with E-state index in [2.05, 4.69) is 5.32 Å². The summed E-state index contributed by atoms with van der Waals surface area (Å²) in [5.41, 5.74) is 1.23. The molecular weight excluding hydrogens is 420 g/mol. The summed E-state index contributed by atoms with van der Waals surface area (Å²) < 4.78 is 29.9. The Morgan fingerprint density at radius 2 is 1.60 bits per heavy atom. The van der Waals surface area contributed by atoms with Gasteiger partial charge in [0.2, 0.25) is 10.0 Å². The number of nitrogens with one attached hydrogen (secondary N) is 1. The first-order valence-electron chi connectivity index (χ1n) is 9.11. The third-order valence-electron chi connectivity index (χ3n) is 4.20. The average molecular weight is 443 g/mol.